The van der Waals surface area contributed by atoms with Gasteiger partial charge >= 0.3 is 5.97 Å². The number of fused-ring (bicyclic) bond motifs is 5. The van der Waals surface area contributed by atoms with E-state index in [-0.39, 0.29) is 41.0 Å². The second-order valence-corrected chi connectivity index (χ2v) is 11.6. The molecule has 0 saturated heterocycles. The lowest BCUT2D eigenvalue weighted by atomic mass is 9.43. The van der Waals surface area contributed by atoms with Crippen molar-refractivity contribution in [2.24, 2.45) is 46.3 Å². The van der Waals surface area contributed by atoms with Crippen LogP contribution in [0.2, 0.25) is 0 Å². The Hall–Kier alpha value is -0.650. The summed E-state index contributed by atoms with van der Waals surface area (Å²) in [6, 6.07) is 0. The van der Waals surface area contributed by atoms with E-state index in [0.717, 1.165) is 51.4 Å². The fourth-order valence-corrected chi connectivity index (χ4v) is 8.78. The Morgan fingerprint density at radius 2 is 1.80 bits per heavy atom. The van der Waals surface area contributed by atoms with Gasteiger partial charge in [0.1, 0.15) is 0 Å². The van der Waals surface area contributed by atoms with Crippen molar-refractivity contribution in [3.63, 3.8) is 0 Å². The molecule has 5 nitrogen and oxygen atoms in total. The standard InChI is InChI=1S/C25H42O5/c1-14(5-8-22(29)30-4)17-6-7-18-23-19(13-21(28)25(17,18)3)24(2)10-9-16(26)11-15(24)12-20(23)27/h14-21,23,26-28H,5-13H2,1-4H3/t14-,15+,16-,17-,18+,19?,20-,21+,23?,24+,25-/m1/s1. The highest BCUT2D eigenvalue weighted by Crippen LogP contribution is 2.68. The average Bonchev–Trinajstić information content (AvgIpc) is 3.06. The van der Waals surface area contributed by atoms with Gasteiger partial charge in [-0.25, -0.2) is 0 Å². The van der Waals surface area contributed by atoms with Gasteiger partial charge in [0.25, 0.3) is 0 Å². The molecular weight excluding hydrogens is 380 g/mol. The van der Waals surface area contributed by atoms with Crippen molar-refractivity contribution in [3.05, 3.63) is 0 Å². The summed E-state index contributed by atoms with van der Waals surface area (Å²) >= 11 is 0. The Kier molecular flexibility index (Phi) is 6.04. The Balaban J connectivity index is 1.58. The Labute approximate surface area is 181 Å². The Bertz CT molecular complexity index is 651. The van der Waals surface area contributed by atoms with Crippen LogP contribution in [0, 0.1) is 46.3 Å². The largest absolute Gasteiger partial charge is 0.469 e. The van der Waals surface area contributed by atoms with Gasteiger partial charge in [0.2, 0.25) is 0 Å². The highest BCUT2D eigenvalue weighted by atomic mass is 16.5. The van der Waals surface area contributed by atoms with E-state index < -0.39 is 0 Å². The normalized spacial score (nSPS) is 51.4. The molecular formula is C25H42O5. The van der Waals surface area contributed by atoms with E-state index in [1.165, 1.54) is 7.11 Å². The molecule has 4 aliphatic rings. The molecule has 0 aromatic rings. The van der Waals surface area contributed by atoms with Crippen LogP contribution in [0.4, 0.5) is 0 Å². The minimum atomic E-state index is -0.369. The zero-order valence-electron chi connectivity index (χ0n) is 19.2. The van der Waals surface area contributed by atoms with Crippen LogP contribution in [-0.2, 0) is 9.53 Å². The van der Waals surface area contributed by atoms with Gasteiger partial charge in [0, 0.05) is 6.42 Å². The van der Waals surface area contributed by atoms with E-state index in [1.54, 1.807) is 0 Å². The minimum Gasteiger partial charge on any atom is -0.469 e. The molecule has 0 spiro atoms. The van der Waals surface area contributed by atoms with Gasteiger partial charge in [0.05, 0.1) is 25.4 Å². The number of hydrogen-bond donors (Lipinski definition) is 3. The van der Waals surface area contributed by atoms with Crippen LogP contribution in [0.15, 0.2) is 0 Å². The number of aliphatic hydroxyl groups is 3. The van der Waals surface area contributed by atoms with E-state index in [0.29, 0.717) is 36.0 Å². The quantitative estimate of drug-likeness (QED) is 0.603. The summed E-state index contributed by atoms with van der Waals surface area (Å²) in [6.07, 6.45) is 6.60. The molecule has 0 aromatic heterocycles. The van der Waals surface area contributed by atoms with Crippen LogP contribution in [0.5, 0.6) is 0 Å². The van der Waals surface area contributed by atoms with Gasteiger partial charge < -0.3 is 20.1 Å². The summed E-state index contributed by atoms with van der Waals surface area (Å²) in [7, 11) is 1.44. The minimum absolute atomic E-state index is 0.111. The topological polar surface area (TPSA) is 87.0 Å². The molecule has 3 N–H and O–H groups in total. The van der Waals surface area contributed by atoms with E-state index in [2.05, 4.69) is 20.8 Å². The summed E-state index contributed by atoms with van der Waals surface area (Å²) in [5, 5.41) is 33.1. The summed E-state index contributed by atoms with van der Waals surface area (Å²) in [5.41, 5.74) is -0.0882. The summed E-state index contributed by atoms with van der Waals surface area (Å²) in [5.74, 6) is 1.81. The van der Waals surface area contributed by atoms with Crippen LogP contribution in [0.3, 0.4) is 0 Å². The summed E-state index contributed by atoms with van der Waals surface area (Å²) in [4.78, 5) is 11.7. The molecule has 4 aliphatic carbocycles. The maximum Gasteiger partial charge on any atom is 0.305 e. The van der Waals surface area contributed by atoms with Crippen molar-refractivity contribution in [1.82, 2.24) is 0 Å². The van der Waals surface area contributed by atoms with Crippen LogP contribution < -0.4 is 0 Å². The lowest BCUT2D eigenvalue weighted by Gasteiger charge is -2.63. The van der Waals surface area contributed by atoms with E-state index in [9.17, 15) is 20.1 Å². The Morgan fingerprint density at radius 1 is 1.07 bits per heavy atom. The fourth-order valence-electron chi connectivity index (χ4n) is 8.78. The first kappa shape index (κ1) is 22.5. The van der Waals surface area contributed by atoms with Gasteiger partial charge in [-0.1, -0.05) is 20.8 Å². The number of hydrogen-bond acceptors (Lipinski definition) is 5. The molecule has 0 amide bonds. The number of methoxy groups -OCH3 is 1. The highest BCUT2D eigenvalue weighted by Gasteiger charge is 2.65. The monoisotopic (exact) mass is 422 g/mol. The third-order valence-electron chi connectivity index (χ3n) is 10.6. The van der Waals surface area contributed by atoms with Crippen LogP contribution in [0.25, 0.3) is 0 Å². The molecule has 2 unspecified atom stereocenters. The molecule has 0 bridgehead atoms. The molecule has 4 fully saturated rings. The zero-order valence-corrected chi connectivity index (χ0v) is 19.2. The van der Waals surface area contributed by atoms with Crippen molar-refractivity contribution < 1.29 is 24.9 Å². The van der Waals surface area contributed by atoms with Crippen molar-refractivity contribution in [2.75, 3.05) is 7.11 Å². The third-order valence-corrected chi connectivity index (χ3v) is 10.6. The molecule has 5 heteroatoms. The third kappa shape index (κ3) is 3.34. The number of carbonyl (C=O) groups is 1. The van der Waals surface area contributed by atoms with E-state index in [4.69, 9.17) is 4.74 Å². The number of esters is 1. The van der Waals surface area contributed by atoms with Crippen molar-refractivity contribution in [1.29, 1.82) is 0 Å². The average molecular weight is 423 g/mol. The Morgan fingerprint density at radius 3 is 2.50 bits per heavy atom. The predicted molar refractivity (Wildman–Crippen MR) is 114 cm³/mol. The van der Waals surface area contributed by atoms with E-state index >= 15 is 0 Å². The van der Waals surface area contributed by atoms with Crippen molar-refractivity contribution >= 4 is 5.97 Å². The van der Waals surface area contributed by atoms with Gasteiger partial charge in [0.15, 0.2) is 0 Å². The maximum absolute atomic E-state index is 11.7. The highest BCUT2D eigenvalue weighted by molar-refractivity contribution is 5.69. The zero-order chi connectivity index (χ0) is 21.8. The molecule has 4 rings (SSSR count). The van der Waals surface area contributed by atoms with Crippen LogP contribution >= 0.6 is 0 Å². The lowest BCUT2D eigenvalue weighted by molar-refractivity contribution is -0.207. The summed E-state index contributed by atoms with van der Waals surface area (Å²) in [6.45, 7) is 6.85. The molecule has 0 aromatic carbocycles. The fraction of sp³-hybridized carbons (Fsp3) is 0.960. The molecule has 0 aliphatic heterocycles. The molecule has 4 saturated carbocycles. The van der Waals surface area contributed by atoms with Crippen LogP contribution in [0.1, 0.15) is 78.6 Å². The number of ether oxygens (including phenoxy) is 1. The second-order valence-electron chi connectivity index (χ2n) is 11.6. The first-order chi connectivity index (χ1) is 14.1. The summed E-state index contributed by atoms with van der Waals surface area (Å²) < 4.78 is 4.83. The number of carbonyl (C=O) groups excluding carboxylic acids is 1. The van der Waals surface area contributed by atoms with Gasteiger partial charge in [-0.05, 0) is 97.7 Å². The maximum atomic E-state index is 11.7. The molecule has 11 atom stereocenters. The first-order valence-corrected chi connectivity index (χ1v) is 12.2. The predicted octanol–water partition coefficient (Wildman–Crippen LogP) is 3.54. The van der Waals surface area contributed by atoms with E-state index in [1.807, 2.05) is 0 Å². The lowest BCUT2D eigenvalue weighted by Crippen LogP contribution is -2.62. The van der Waals surface area contributed by atoms with Gasteiger partial charge in [-0.15, -0.1) is 0 Å². The van der Waals surface area contributed by atoms with Crippen molar-refractivity contribution in [2.45, 2.75) is 96.9 Å². The number of rotatable bonds is 4. The van der Waals surface area contributed by atoms with Gasteiger partial charge in [-0.2, -0.15) is 0 Å². The van der Waals surface area contributed by atoms with Gasteiger partial charge in [-0.3, -0.25) is 4.79 Å². The van der Waals surface area contributed by atoms with Crippen LogP contribution in [-0.4, -0.2) is 46.7 Å². The second kappa shape index (κ2) is 8.04. The number of aliphatic hydroxyl groups excluding tert-OH is 3. The molecule has 172 valence electrons. The van der Waals surface area contributed by atoms with Crippen molar-refractivity contribution in [3.8, 4) is 0 Å². The molecule has 30 heavy (non-hydrogen) atoms. The first-order valence-electron chi connectivity index (χ1n) is 12.2. The SMILES string of the molecule is COC(=O)CC[C@@H](C)[C@H]1CC[C@H]2C3C(C[C@H](O)[C@]12C)[C@@]1(C)CC[C@@H](O)C[C@H]1C[C@H]3O. The molecule has 0 radical (unpaired) electrons. The molecule has 0 heterocycles. The smallest absolute Gasteiger partial charge is 0.305 e.